The molecule has 2 aliphatic rings. The van der Waals surface area contributed by atoms with Gasteiger partial charge in [0, 0.05) is 31.6 Å². The molecule has 4 N–H and O–H groups in total. The van der Waals surface area contributed by atoms with Crippen molar-refractivity contribution in [3.8, 4) is 5.75 Å². The van der Waals surface area contributed by atoms with E-state index in [0.29, 0.717) is 12.3 Å². The Bertz CT molecular complexity index is 2310. The SMILES string of the molecule is C=C[C@@H]1C[C@]1(NC(=O)[C@@H]1CN(Cc2ccc3ccccc3c2)C[C@@H]1NC(=O)[C@@H](NC(=O)OC(C)(C)C)C(C)C)C(=O)NS(=O)(=O)c1cccc(OCc2ccccc2)c1. The van der Waals surface area contributed by atoms with Crippen molar-refractivity contribution in [1.29, 1.82) is 0 Å². The van der Waals surface area contributed by atoms with Gasteiger partial charge in [-0.3, -0.25) is 19.3 Å². The summed E-state index contributed by atoms with van der Waals surface area (Å²) in [4.78, 5) is 56.8. The van der Waals surface area contributed by atoms with E-state index < -0.39 is 68.9 Å². The number of carbonyl (C=O) groups is 4. The number of nitrogens with one attached hydrogen (secondary N) is 4. The second-order valence-corrected chi connectivity index (χ2v) is 18.3. The Balaban J connectivity index is 1.19. The monoisotopic (exact) mass is 823 g/mol. The number of rotatable bonds is 15. The van der Waals surface area contributed by atoms with Gasteiger partial charge >= 0.3 is 6.09 Å². The minimum atomic E-state index is -4.39. The van der Waals surface area contributed by atoms with Crippen molar-refractivity contribution in [2.75, 3.05) is 13.1 Å². The fourth-order valence-electron chi connectivity index (χ4n) is 7.35. The number of carbonyl (C=O) groups excluding carboxylic acids is 4. The molecule has 312 valence electrons. The molecule has 1 aliphatic carbocycles. The quantitative estimate of drug-likeness (QED) is 0.114. The van der Waals surface area contributed by atoms with E-state index in [1.54, 1.807) is 40.7 Å². The van der Waals surface area contributed by atoms with Gasteiger partial charge in [-0.1, -0.05) is 92.7 Å². The average molecular weight is 824 g/mol. The zero-order valence-electron chi connectivity index (χ0n) is 34.1. The highest BCUT2D eigenvalue weighted by atomic mass is 32.2. The molecule has 59 heavy (non-hydrogen) atoms. The Morgan fingerprint density at radius 3 is 2.29 bits per heavy atom. The fourth-order valence-corrected chi connectivity index (χ4v) is 8.43. The molecule has 1 saturated heterocycles. The summed E-state index contributed by atoms with van der Waals surface area (Å²) in [6, 6.07) is 27.7. The average Bonchev–Trinajstić information content (AvgIpc) is 3.77. The van der Waals surface area contributed by atoms with Gasteiger partial charge in [0.2, 0.25) is 11.8 Å². The van der Waals surface area contributed by atoms with Crippen molar-refractivity contribution in [3.63, 3.8) is 0 Å². The molecule has 4 amide bonds. The number of ether oxygens (including phenoxy) is 2. The lowest BCUT2D eigenvalue weighted by molar-refractivity contribution is -0.132. The van der Waals surface area contributed by atoms with Crippen LogP contribution in [0.2, 0.25) is 0 Å². The minimum absolute atomic E-state index is 0.129. The summed E-state index contributed by atoms with van der Waals surface area (Å²) in [5, 5.41) is 10.7. The van der Waals surface area contributed by atoms with Crippen LogP contribution in [0.15, 0.2) is 115 Å². The molecule has 4 aromatic carbocycles. The summed E-state index contributed by atoms with van der Waals surface area (Å²) < 4.78 is 40.6. The van der Waals surface area contributed by atoms with Crippen LogP contribution in [0.3, 0.4) is 0 Å². The number of hydrogen-bond donors (Lipinski definition) is 4. The molecule has 13 nitrogen and oxygen atoms in total. The second-order valence-electron chi connectivity index (χ2n) is 16.7. The molecular formula is C45H53N5O8S. The third-order valence-electron chi connectivity index (χ3n) is 10.5. The standard InChI is InChI=1S/C45H53N5O8S/c1-7-34-24-45(34,42(53)49-59(55,56)36-19-13-18-35(23-36)57-28-30-14-9-8-10-15-30)48-40(51)37-26-50(25-31-20-21-32-16-11-12-17-33(32)22-31)27-38(37)46-41(52)39(29(2)3)47-43(54)58-44(4,5)6/h7-23,29,34,37-39H,1,24-28H2,2-6H3,(H,46,52)(H,47,54)(H,48,51)(H,49,53)/t34-,37-,38+,39+,45-/m1/s1. The first-order chi connectivity index (χ1) is 28.0. The molecule has 14 heteroatoms. The largest absolute Gasteiger partial charge is 0.489 e. The lowest BCUT2D eigenvalue weighted by Gasteiger charge is -2.28. The Labute approximate surface area is 346 Å². The van der Waals surface area contributed by atoms with Crippen molar-refractivity contribution >= 4 is 44.6 Å². The molecule has 0 aromatic heterocycles. The summed E-state index contributed by atoms with van der Waals surface area (Å²) in [5.74, 6) is -3.36. The van der Waals surface area contributed by atoms with E-state index in [1.807, 2.05) is 71.6 Å². The van der Waals surface area contributed by atoms with Gasteiger partial charge in [0.25, 0.3) is 15.9 Å². The first kappa shape index (κ1) is 42.9. The summed E-state index contributed by atoms with van der Waals surface area (Å²) >= 11 is 0. The maximum Gasteiger partial charge on any atom is 0.408 e. The molecule has 0 radical (unpaired) electrons. The first-order valence-electron chi connectivity index (χ1n) is 19.7. The van der Waals surface area contributed by atoms with E-state index in [4.69, 9.17) is 9.47 Å². The molecule has 4 aromatic rings. The number of amides is 4. The van der Waals surface area contributed by atoms with Gasteiger partial charge in [-0.2, -0.15) is 0 Å². The highest BCUT2D eigenvalue weighted by Crippen LogP contribution is 2.45. The fraction of sp³-hybridized carbons (Fsp3) is 0.378. The topological polar surface area (TPSA) is 172 Å². The highest BCUT2D eigenvalue weighted by Gasteiger charge is 2.61. The van der Waals surface area contributed by atoms with Crippen LogP contribution in [0.5, 0.6) is 5.75 Å². The maximum absolute atomic E-state index is 14.4. The van der Waals surface area contributed by atoms with Gasteiger partial charge in [-0.05, 0) is 73.2 Å². The zero-order valence-corrected chi connectivity index (χ0v) is 34.9. The summed E-state index contributed by atoms with van der Waals surface area (Å²) in [7, 11) is -4.39. The lowest BCUT2D eigenvalue weighted by atomic mass is 9.99. The van der Waals surface area contributed by atoms with Crippen molar-refractivity contribution in [3.05, 3.63) is 121 Å². The van der Waals surface area contributed by atoms with E-state index in [-0.39, 0.29) is 36.9 Å². The smallest absolute Gasteiger partial charge is 0.408 e. The molecule has 5 atom stereocenters. The van der Waals surface area contributed by atoms with Crippen molar-refractivity contribution < 1.29 is 37.1 Å². The number of alkyl carbamates (subject to hydrolysis) is 1. The second kappa shape index (κ2) is 17.6. The van der Waals surface area contributed by atoms with Crippen LogP contribution in [0.25, 0.3) is 10.8 Å². The number of benzene rings is 4. The Morgan fingerprint density at radius 1 is 0.898 bits per heavy atom. The van der Waals surface area contributed by atoms with E-state index in [2.05, 4.69) is 33.3 Å². The molecule has 2 fully saturated rings. The van der Waals surface area contributed by atoms with E-state index in [9.17, 15) is 27.6 Å². The normalized spacial score (nSPS) is 20.9. The van der Waals surface area contributed by atoms with Gasteiger partial charge < -0.3 is 25.4 Å². The van der Waals surface area contributed by atoms with E-state index in [0.717, 1.165) is 21.9 Å². The predicted octanol–water partition coefficient (Wildman–Crippen LogP) is 5.45. The van der Waals surface area contributed by atoms with Gasteiger partial charge in [-0.25, -0.2) is 17.9 Å². The van der Waals surface area contributed by atoms with E-state index in [1.165, 1.54) is 24.3 Å². The molecule has 0 unspecified atom stereocenters. The van der Waals surface area contributed by atoms with Crippen LogP contribution in [0.4, 0.5) is 4.79 Å². The third-order valence-corrected chi connectivity index (χ3v) is 11.9. The number of hydrogen-bond acceptors (Lipinski definition) is 9. The van der Waals surface area contributed by atoms with Crippen LogP contribution in [0, 0.1) is 17.8 Å². The molecule has 6 rings (SSSR count). The highest BCUT2D eigenvalue weighted by molar-refractivity contribution is 7.90. The molecule has 1 heterocycles. The Hall–Kier alpha value is -5.73. The third kappa shape index (κ3) is 10.7. The van der Waals surface area contributed by atoms with Gasteiger partial charge in [0.05, 0.1) is 16.9 Å². The lowest BCUT2D eigenvalue weighted by Crippen LogP contribution is -2.57. The maximum atomic E-state index is 14.4. The molecule has 0 bridgehead atoms. The van der Waals surface area contributed by atoms with Crippen LogP contribution in [-0.4, -0.2) is 73.4 Å². The van der Waals surface area contributed by atoms with Crippen LogP contribution in [-0.2, 0) is 42.3 Å². The molecule has 1 saturated carbocycles. The Morgan fingerprint density at radius 2 is 1.61 bits per heavy atom. The predicted molar refractivity (Wildman–Crippen MR) is 224 cm³/mol. The number of fused-ring (bicyclic) bond motifs is 1. The summed E-state index contributed by atoms with van der Waals surface area (Å²) in [6.45, 7) is 13.8. The van der Waals surface area contributed by atoms with Crippen molar-refractivity contribution in [2.45, 2.75) is 82.3 Å². The van der Waals surface area contributed by atoms with Gasteiger partial charge in [-0.15, -0.1) is 6.58 Å². The summed E-state index contributed by atoms with van der Waals surface area (Å²) in [6.07, 6.45) is 0.896. The molecule has 0 spiro atoms. The summed E-state index contributed by atoms with van der Waals surface area (Å²) in [5.41, 5.74) is -0.471. The van der Waals surface area contributed by atoms with Crippen LogP contribution in [0.1, 0.15) is 52.2 Å². The first-order valence-corrected chi connectivity index (χ1v) is 21.2. The molecule has 1 aliphatic heterocycles. The van der Waals surface area contributed by atoms with Crippen LogP contribution < -0.4 is 25.4 Å². The van der Waals surface area contributed by atoms with Crippen LogP contribution >= 0.6 is 0 Å². The Kier molecular flexibility index (Phi) is 12.8. The molecular weight excluding hydrogens is 771 g/mol. The minimum Gasteiger partial charge on any atom is -0.489 e. The number of sulfonamides is 1. The zero-order chi connectivity index (χ0) is 42.5. The van der Waals surface area contributed by atoms with Gasteiger partial charge in [0.15, 0.2) is 0 Å². The van der Waals surface area contributed by atoms with Crippen molar-refractivity contribution in [2.24, 2.45) is 17.8 Å². The number of nitrogens with zero attached hydrogens (tertiary/aromatic N) is 1. The number of likely N-dealkylation sites (tertiary alicyclic amines) is 1. The van der Waals surface area contributed by atoms with Crippen molar-refractivity contribution in [1.82, 2.24) is 25.6 Å². The van der Waals surface area contributed by atoms with E-state index >= 15 is 0 Å². The van der Waals surface area contributed by atoms with Gasteiger partial charge in [0.1, 0.15) is 29.5 Å².